The molecule has 0 spiro atoms. The molecule has 0 aliphatic carbocycles. The van der Waals surface area contributed by atoms with Crippen LogP contribution in [0.2, 0.25) is 0 Å². The lowest BCUT2D eigenvalue weighted by molar-refractivity contribution is 0.206. The number of rotatable bonds is 3. The number of hydrogen-bond donors (Lipinski definition) is 1. The van der Waals surface area contributed by atoms with Crippen molar-refractivity contribution in [1.82, 2.24) is 4.90 Å². The Morgan fingerprint density at radius 2 is 2.28 bits per heavy atom. The molecule has 2 atom stereocenters. The maximum Gasteiger partial charge on any atom is 0.128 e. The molecule has 1 aliphatic heterocycles. The summed E-state index contributed by atoms with van der Waals surface area (Å²) in [5.41, 5.74) is 6.13. The van der Waals surface area contributed by atoms with E-state index in [-0.39, 0.29) is 11.9 Å². The Morgan fingerprint density at radius 3 is 2.94 bits per heavy atom. The van der Waals surface area contributed by atoms with Crippen molar-refractivity contribution in [3.05, 3.63) is 35.4 Å². The Balaban J connectivity index is 2.24. The van der Waals surface area contributed by atoms with E-state index < -0.39 is 5.82 Å². The van der Waals surface area contributed by atoms with Gasteiger partial charge in [0.1, 0.15) is 11.6 Å². The SMILES string of the molecule is CC1CN(C(CN)c2cc(F)ccc2F)CCS1. The molecule has 0 amide bonds. The average molecular weight is 272 g/mol. The first-order chi connectivity index (χ1) is 8.61. The molecule has 1 heterocycles. The molecule has 1 aromatic carbocycles. The maximum atomic E-state index is 13.8. The number of nitrogens with zero attached hydrogens (tertiary/aromatic N) is 1. The number of benzene rings is 1. The fraction of sp³-hybridized carbons (Fsp3) is 0.538. The number of hydrogen-bond acceptors (Lipinski definition) is 3. The average Bonchev–Trinajstić information content (AvgIpc) is 2.35. The van der Waals surface area contributed by atoms with Gasteiger partial charge in [-0.3, -0.25) is 4.90 Å². The van der Waals surface area contributed by atoms with Crippen LogP contribution >= 0.6 is 11.8 Å². The Bertz CT molecular complexity index is 414. The molecular formula is C13H18F2N2S. The van der Waals surface area contributed by atoms with E-state index in [2.05, 4.69) is 11.8 Å². The molecule has 2 N–H and O–H groups in total. The van der Waals surface area contributed by atoms with Gasteiger partial charge < -0.3 is 5.73 Å². The first-order valence-electron chi connectivity index (χ1n) is 6.12. The normalized spacial score (nSPS) is 23.0. The molecule has 5 heteroatoms. The van der Waals surface area contributed by atoms with Crippen molar-refractivity contribution in [2.45, 2.75) is 18.2 Å². The quantitative estimate of drug-likeness (QED) is 0.916. The Morgan fingerprint density at radius 1 is 1.50 bits per heavy atom. The molecule has 100 valence electrons. The number of halogens is 2. The molecular weight excluding hydrogens is 254 g/mol. The fourth-order valence-electron chi connectivity index (χ4n) is 2.37. The zero-order valence-corrected chi connectivity index (χ0v) is 11.2. The lowest BCUT2D eigenvalue weighted by Crippen LogP contribution is -2.42. The second-order valence-corrected chi connectivity index (χ2v) is 6.14. The first kappa shape index (κ1) is 13.8. The van der Waals surface area contributed by atoms with E-state index in [1.165, 1.54) is 12.1 Å². The smallest absolute Gasteiger partial charge is 0.128 e. The van der Waals surface area contributed by atoms with Crippen LogP contribution in [0.4, 0.5) is 8.78 Å². The summed E-state index contributed by atoms with van der Waals surface area (Å²) in [6.45, 7) is 4.18. The van der Waals surface area contributed by atoms with Crippen LogP contribution in [0.15, 0.2) is 18.2 Å². The highest BCUT2D eigenvalue weighted by molar-refractivity contribution is 7.99. The van der Waals surface area contributed by atoms with Crippen LogP contribution < -0.4 is 5.73 Å². The van der Waals surface area contributed by atoms with E-state index in [0.29, 0.717) is 17.4 Å². The Kier molecular flexibility index (Phi) is 4.59. The minimum absolute atomic E-state index is 0.232. The minimum atomic E-state index is -0.413. The van der Waals surface area contributed by atoms with E-state index in [9.17, 15) is 8.78 Å². The van der Waals surface area contributed by atoms with Crippen molar-refractivity contribution < 1.29 is 8.78 Å². The zero-order chi connectivity index (χ0) is 13.1. The zero-order valence-electron chi connectivity index (χ0n) is 10.4. The van der Waals surface area contributed by atoms with Crippen molar-refractivity contribution in [1.29, 1.82) is 0 Å². The Hall–Kier alpha value is -0.650. The van der Waals surface area contributed by atoms with Gasteiger partial charge in [0.2, 0.25) is 0 Å². The van der Waals surface area contributed by atoms with E-state index in [0.717, 1.165) is 24.9 Å². The largest absolute Gasteiger partial charge is 0.329 e. The van der Waals surface area contributed by atoms with Gasteiger partial charge in [0, 0.05) is 36.2 Å². The molecule has 1 aliphatic rings. The van der Waals surface area contributed by atoms with Gasteiger partial charge in [-0.05, 0) is 18.2 Å². The molecule has 1 aromatic rings. The molecule has 1 saturated heterocycles. The maximum absolute atomic E-state index is 13.8. The third-order valence-corrected chi connectivity index (χ3v) is 4.39. The highest BCUT2D eigenvalue weighted by Crippen LogP contribution is 2.28. The second-order valence-electron chi connectivity index (χ2n) is 4.59. The Labute approximate surface area is 111 Å². The fourth-order valence-corrected chi connectivity index (χ4v) is 3.41. The van der Waals surface area contributed by atoms with E-state index in [1.54, 1.807) is 0 Å². The molecule has 0 saturated carbocycles. The van der Waals surface area contributed by atoms with Crippen LogP contribution in [0.1, 0.15) is 18.5 Å². The highest BCUT2D eigenvalue weighted by atomic mass is 32.2. The lowest BCUT2D eigenvalue weighted by atomic mass is 10.0. The van der Waals surface area contributed by atoms with E-state index in [4.69, 9.17) is 5.73 Å². The van der Waals surface area contributed by atoms with E-state index in [1.807, 2.05) is 11.8 Å². The molecule has 0 radical (unpaired) electrons. The summed E-state index contributed by atoms with van der Waals surface area (Å²) in [6, 6.07) is 3.35. The van der Waals surface area contributed by atoms with Crippen molar-refractivity contribution >= 4 is 11.8 Å². The minimum Gasteiger partial charge on any atom is -0.329 e. The van der Waals surface area contributed by atoms with Gasteiger partial charge in [-0.2, -0.15) is 11.8 Å². The van der Waals surface area contributed by atoms with Gasteiger partial charge in [0.05, 0.1) is 6.04 Å². The van der Waals surface area contributed by atoms with Crippen molar-refractivity contribution in [3.63, 3.8) is 0 Å². The number of nitrogens with two attached hydrogens (primary N) is 1. The van der Waals surface area contributed by atoms with Gasteiger partial charge in [-0.1, -0.05) is 6.92 Å². The van der Waals surface area contributed by atoms with Crippen LogP contribution in [-0.2, 0) is 0 Å². The topological polar surface area (TPSA) is 29.3 Å². The summed E-state index contributed by atoms with van der Waals surface area (Å²) in [5, 5.41) is 0.504. The highest BCUT2D eigenvalue weighted by Gasteiger charge is 2.26. The summed E-state index contributed by atoms with van der Waals surface area (Å²) >= 11 is 1.90. The standard InChI is InChI=1S/C13H18F2N2S/c1-9-8-17(4-5-18-9)13(7-16)11-6-10(14)2-3-12(11)15/h2-3,6,9,13H,4-5,7-8,16H2,1H3. The molecule has 2 rings (SSSR count). The van der Waals surface area contributed by atoms with Gasteiger partial charge >= 0.3 is 0 Å². The molecule has 0 bridgehead atoms. The van der Waals surface area contributed by atoms with Crippen LogP contribution in [0.5, 0.6) is 0 Å². The van der Waals surface area contributed by atoms with E-state index >= 15 is 0 Å². The van der Waals surface area contributed by atoms with Crippen molar-refractivity contribution in [2.24, 2.45) is 5.73 Å². The predicted octanol–water partition coefficient (Wildman–Crippen LogP) is 2.40. The third kappa shape index (κ3) is 3.02. The summed E-state index contributed by atoms with van der Waals surface area (Å²) < 4.78 is 27.1. The molecule has 18 heavy (non-hydrogen) atoms. The summed E-state index contributed by atoms with van der Waals surface area (Å²) in [6.07, 6.45) is 0. The van der Waals surface area contributed by atoms with Crippen LogP contribution in [0.3, 0.4) is 0 Å². The third-order valence-electron chi connectivity index (χ3n) is 3.25. The van der Waals surface area contributed by atoms with Crippen molar-refractivity contribution in [2.75, 3.05) is 25.4 Å². The monoisotopic (exact) mass is 272 g/mol. The second kappa shape index (κ2) is 5.99. The predicted molar refractivity (Wildman–Crippen MR) is 71.6 cm³/mol. The van der Waals surface area contributed by atoms with Crippen LogP contribution in [-0.4, -0.2) is 35.5 Å². The van der Waals surface area contributed by atoms with Crippen LogP contribution in [0, 0.1) is 11.6 Å². The van der Waals surface area contributed by atoms with Gasteiger partial charge in [-0.15, -0.1) is 0 Å². The lowest BCUT2D eigenvalue weighted by Gasteiger charge is -2.36. The molecule has 2 unspecified atom stereocenters. The summed E-state index contributed by atoms with van der Waals surface area (Å²) in [7, 11) is 0. The van der Waals surface area contributed by atoms with Gasteiger partial charge in [0.25, 0.3) is 0 Å². The molecule has 0 aromatic heterocycles. The molecule has 1 fully saturated rings. The van der Waals surface area contributed by atoms with Gasteiger partial charge in [0.15, 0.2) is 0 Å². The van der Waals surface area contributed by atoms with Gasteiger partial charge in [-0.25, -0.2) is 8.78 Å². The summed E-state index contributed by atoms with van der Waals surface area (Å²) in [4.78, 5) is 2.15. The first-order valence-corrected chi connectivity index (χ1v) is 7.17. The van der Waals surface area contributed by atoms with Crippen LogP contribution in [0.25, 0.3) is 0 Å². The number of thioether (sulfide) groups is 1. The molecule has 2 nitrogen and oxygen atoms in total. The van der Waals surface area contributed by atoms with Crippen molar-refractivity contribution in [3.8, 4) is 0 Å². The summed E-state index contributed by atoms with van der Waals surface area (Å²) in [5.74, 6) is 0.219.